The number of hydrogen-bond donors (Lipinski definition) is 2. The summed E-state index contributed by atoms with van der Waals surface area (Å²) < 4.78 is 32.2. The summed E-state index contributed by atoms with van der Waals surface area (Å²) in [7, 11) is 0. The van der Waals surface area contributed by atoms with Crippen LogP contribution in [0.5, 0.6) is 5.75 Å². The molecule has 120 valence electrons. The Labute approximate surface area is 136 Å². The van der Waals surface area contributed by atoms with Crippen molar-refractivity contribution in [2.45, 2.75) is 6.61 Å². The Hall–Kier alpha value is -2.67. The Morgan fingerprint density at radius 3 is 2.70 bits per heavy atom. The molecule has 2 rings (SSSR count). The molecule has 4 N–H and O–H groups in total. The Morgan fingerprint density at radius 2 is 1.96 bits per heavy atom. The quantitative estimate of drug-likeness (QED) is 0.499. The van der Waals surface area contributed by atoms with E-state index in [1.165, 1.54) is 6.21 Å². The molecule has 2 aromatic rings. The van der Waals surface area contributed by atoms with Crippen LogP contribution in [0.3, 0.4) is 0 Å². The maximum absolute atomic E-state index is 13.6. The van der Waals surface area contributed by atoms with Crippen molar-refractivity contribution >= 4 is 23.8 Å². The highest BCUT2D eigenvalue weighted by atomic mass is 35.5. The molecule has 0 radical (unpaired) electrons. The first kappa shape index (κ1) is 16.7. The van der Waals surface area contributed by atoms with E-state index in [0.29, 0.717) is 16.3 Å². The maximum Gasteiger partial charge on any atom is 0.211 e. The van der Waals surface area contributed by atoms with Crippen LogP contribution >= 0.6 is 11.6 Å². The number of ether oxygens (including phenoxy) is 1. The maximum atomic E-state index is 13.6. The van der Waals surface area contributed by atoms with Gasteiger partial charge in [-0.2, -0.15) is 5.10 Å². The van der Waals surface area contributed by atoms with E-state index < -0.39 is 11.6 Å². The first-order valence-corrected chi connectivity index (χ1v) is 6.82. The van der Waals surface area contributed by atoms with E-state index in [0.717, 1.165) is 18.2 Å². The molecule has 0 heterocycles. The van der Waals surface area contributed by atoms with E-state index in [1.807, 2.05) is 0 Å². The average molecular weight is 339 g/mol. The number of benzene rings is 2. The fourth-order valence-corrected chi connectivity index (χ4v) is 1.90. The lowest BCUT2D eigenvalue weighted by Gasteiger charge is -2.10. The molecule has 5 nitrogen and oxygen atoms in total. The van der Waals surface area contributed by atoms with Crippen LogP contribution in [0.4, 0.5) is 8.78 Å². The molecule has 0 unspecified atom stereocenters. The highest BCUT2D eigenvalue weighted by molar-refractivity contribution is 6.30. The van der Waals surface area contributed by atoms with Gasteiger partial charge in [-0.05, 0) is 36.4 Å². The van der Waals surface area contributed by atoms with Crippen molar-refractivity contribution in [3.8, 4) is 5.75 Å². The van der Waals surface area contributed by atoms with Gasteiger partial charge in [0.1, 0.15) is 24.0 Å². The van der Waals surface area contributed by atoms with Gasteiger partial charge in [0.25, 0.3) is 0 Å². The summed E-state index contributed by atoms with van der Waals surface area (Å²) in [6, 6.07) is 7.89. The van der Waals surface area contributed by atoms with Crippen molar-refractivity contribution in [2.24, 2.45) is 21.7 Å². The zero-order valence-electron chi connectivity index (χ0n) is 11.8. The molecule has 2 aromatic carbocycles. The number of halogens is 3. The molecule has 0 aliphatic carbocycles. The second kappa shape index (κ2) is 7.55. The molecule has 0 spiro atoms. The van der Waals surface area contributed by atoms with Gasteiger partial charge in [0.15, 0.2) is 0 Å². The third-order valence-electron chi connectivity index (χ3n) is 2.73. The van der Waals surface area contributed by atoms with Crippen molar-refractivity contribution in [3.05, 3.63) is 64.2 Å². The van der Waals surface area contributed by atoms with Crippen molar-refractivity contribution in [3.63, 3.8) is 0 Å². The number of rotatable bonds is 5. The van der Waals surface area contributed by atoms with Crippen molar-refractivity contribution < 1.29 is 13.5 Å². The third-order valence-corrected chi connectivity index (χ3v) is 2.97. The standard InChI is InChI=1S/C15H13ClF2N4O/c16-11-1-4-14(9(5-11)7-21-22-15(19)20)23-8-10-6-12(17)2-3-13(10)18/h1-7H,8H2,(H4,19,20,22). The zero-order valence-corrected chi connectivity index (χ0v) is 12.6. The summed E-state index contributed by atoms with van der Waals surface area (Å²) in [5, 5.41) is 7.58. The second-order valence-corrected chi connectivity index (χ2v) is 4.91. The van der Waals surface area contributed by atoms with Crippen LogP contribution in [0.15, 0.2) is 46.6 Å². The van der Waals surface area contributed by atoms with Crippen LogP contribution in [0.25, 0.3) is 0 Å². The van der Waals surface area contributed by atoms with Gasteiger partial charge >= 0.3 is 0 Å². The second-order valence-electron chi connectivity index (χ2n) is 4.48. The summed E-state index contributed by atoms with van der Waals surface area (Å²) in [6.45, 7) is -0.158. The van der Waals surface area contributed by atoms with Crippen LogP contribution in [0.2, 0.25) is 5.02 Å². The molecule has 0 fully saturated rings. The van der Waals surface area contributed by atoms with Gasteiger partial charge in [-0.25, -0.2) is 8.78 Å². The summed E-state index contributed by atoms with van der Waals surface area (Å²) in [4.78, 5) is 0. The number of guanidine groups is 1. The summed E-state index contributed by atoms with van der Waals surface area (Å²) in [6.07, 6.45) is 1.34. The molecule has 0 amide bonds. The minimum atomic E-state index is -0.559. The van der Waals surface area contributed by atoms with Crippen LogP contribution in [0, 0.1) is 11.6 Å². The lowest BCUT2D eigenvalue weighted by molar-refractivity contribution is 0.298. The molecule has 0 saturated carbocycles. The van der Waals surface area contributed by atoms with Crippen molar-refractivity contribution in [1.82, 2.24) is 0 Å². The summed E-state index contributed by atoms with van der Waals surface area (Å²) in [5.41, 5.74) is 10.9. The SMILES string of the molecule is NC(N)=NN=Cc1cc(Cl)ccc1OCc1cc(F)ccc1F. The van der Waals surface area contributed by atoms with E-state index in [4.69, 9.17) is 27.8 Å². The van der Waals surface area contributed by atoms with E-state index in [1.54, 1.807) is 18.2 Å². The van der Waals surface area contributed by atoms with Crippen LogP contribution in [0.1, 0.15) is 11.1 Å². The highest BCUT2D eigenvalue weighted by Gasteiger charge is 2.07. The van der Waals surface area contributed by atoms with E-state index >= 15 is 0 Å². The third kappa shape index (κ3) is 4.93. The number of hydrogen-bond acceptors (Lipinski definition) is 3. The van der Waals surface area contributed by atoms with E-state index in [9.17, 15) is 8.78 Å². The molecule has 0 aliphatic heterocycles. The minimum absolute atomic E-state index is 0.0899. The average Bonchev–Trinajstić information content (AvgIpc) is 2.49. The lowest BCUT2D eigenvalue weighted by Crippen LogP contribution is -2.21. The molecular formula is C15H13ClF2N4O. The molecule has 23 heavy (non-hydrogen) atoms. The van der Waals surface area contributed by atoms with Gasteiger partial charge in [0.05, 0.1) is 6.21 Å². The predicted molar refractivity (Wildman–Crippen MR) is 85.5 cm³/mol. The molecule has 0 bridgehead atoms. The van der Waals surface area contributed by atoms with Gasteiger partial charge in [0.2, 0.25) is 5.96 Å². The zero-order chi connectivity index (χ0) is 16.8. The van der Waals surface area contributed by atoms with Gasteiger partial charge in [-0.15, -0.1) is 5.10 Å². The molecule has 8 heteroatoms. The van der Waals surface area contributed by atoms with Crippen molar-refractivity contribution in [2.75, 3.05) is 0 Å². The molecule has 0 aliphatic rings. The van der Waals surface area contributed by atoms with E-state index in [-0.39, 0.29) is 18.1 Å². The van der Waals surface area contributed by atoms with Gasteiger partial charge < -0.3 is 16.2 Å². The topological polar surface area (TPSA) is 86.0 Å². The Kier molecular flexibility index (Phi) is 5.48. The van der Waals surface area contributed by atoms with Gasteiger partial charge in [-0.3, -0.25) is 0 Å². The predicted octanol–water partition coefficient (Wildman–Crippen LogP) is 2.80. The smallest absolute Gasteiger partial charge is 0.211 e. The number of nitrogens with two attached hydrogens (primary N) is 2. The van der Waals surface area contributed by atoms with Gasteiger partial charge in [0, 0.05) is 16.1 Å². The first-order valence-electron chi connectivity index (χ1n) is 6.44. The lowest BCUT2D eigenvalue weighted by atomic mass is 10.2. The molecule has 0 aromatic heterocycles. The summed E-state index contributed by atoms with van der Waals surface area (Å²) >= 11 is 5.91. The Balaban J connectivity index is 2.20. The van der Waals surface area contributed by atoms with Crippen LogP contribution < -0.4 is 16.2 Å². The largest absolute Gasteiger partial charge is 0.488 e. The molecule has 0 saturated heterocycles. The van der Waals surface area contributed by atoms with Gasteiger partial charge in [-0.1, -0.05) is 11.6 Å². The summed E-state index contributed by atoms with van der Waals surface area (Å²) in [5.74, 6) is -0.938. The highest BCUT2D eigenvalue weighted by Crippen LogP contribution is 2.23. The van der Waals surface area contributed by atoms with Crippen molar-refractivity contribution in [1.29, 1.82) is 0 Å². The molecule has 0 atom stereocenters. The van der Waals surface area contributed by atoms with Crippen LogP contribution in [-0.4, -0.2) is 12.2 Å². The monoisotopic (exact) mass is 338 g/mol. The molecular weight excluding hydrogens is 326 g/mol. The fourth-order valence-electron chi connectivity index (χ4n) is 1.72. The fraction of sp³-hybridized carbons (Fsp3) is 0.0667. The number of nitrogens with zero attached hydrogens (tertiary/aromatic N) is 2. The minimum Gasteiger partial charge on any atom is -0.488 e. The Bertz CT molecular complexity index is 761. The van der Waals surface area contributed by atoms with E-state index in [2.05, 4.69) is 10.2 Å². The first-order chi connectivity index (χ1) is 11.0. The normalized spacial score (nSPS) is 10.7. The van der Waals surface area contributed by atoms with Crippen LogP contribution in [-0.2, 0) is 6.61 Å². The Morgan fingerprint density at radius 1 is 1.17 bits per heavy atom.